The molecule has 2 N–H and O–H groups in total. The number of methoxy groups -OCH3 is 3. The third-order valence-corrected chi connectivity index (χ3v) is 5.94. The van der Waals surface area contributed by atoms with E-state index in [4.69, 9.17) is 18.9 Å². The zero-order chi connectivity index (χ0) is 29.5. The monoisotopic (exact) mass is 558 g/mol. The van der Waals surface area contributed by atoms with Crippen molar-refractivity contribution in [2.45, 2.75) is 13.8 Å². The van der Waals surface area contributed by atoms with Crippen LogP contribution < -0.4 is 29.7 Å². The Kier molecular flexibility index (Phi) is 8.88. The van der Waals surface area contributed by atoms with E-state index in [1.807, 2.05) is 6.07 Å². The van der Waals surface area contributed by atoms with Gasteiger partial charge in [0.25, 0.3) is 11.8 Å². The second kappa shape index (κ2) is 12.7. The minimum atomic E-state index is -0.603. The Hall–Kier alpha value is -5.32. The molecule has 1 aliphatic heterocycles. The van der Waals surface area contributed by atoms with Crippen molar-refractivity contribution >= 4 is 35.3 Å². The van der Waals surface area contributed by atoms with E-state index in [1.165, 1.54) is 34.3 Å². The van der Waals surface area contributed by atoms with E-state index in [1.54, 1.807) is 61.5 Å². The van der Waals surface area contributed by atoms with E-state index < -0.39 is 11.8 Å². The number of rotatable bonds is 10. The average molecular weight is 559 g/mol. The van der Waals surface area contributed by atoms with Crippen LogP contribution in [0, 0.1) is 0 Å². The predicted octanol–water partition coefficient (Wildman–Crippen LogP) is 4.04. The fourth-order valence-corrected chi connectivity index (χ4v) is 4.17. The number of ether oxygens (including phenoxy) is 4. The largest absolute Gasteiger partial charge is 0.493 e. The van der Waals surface area contributed by atoms with Gasteiger partial charge in [-0.1, -0.05) is 30.3 Å². The summed E-state index contributed by atoms with van der Waals surface area (Å²) < 4.78 is 21.9. The summed E-state index contributed by atoms with van der Waals surface area (Å²) in [6.45, 7) is 3.44. The van der Waals surface area contributed by atoms with Crippen molar-refractivity contribution in [2.75, 3.05) is 33.3 Å². The molecule has 0 unspecified atom stereocenters. The molecule has 1 aliphatic rings. The van der Waals surface area contributed by atoms with Crippen LogP contribution in [0.2, 0.25) is 0 Å². The number of carbonyl (C=O) groups is 3. The molecule has 212 valence electrons. The van der Waals surface area contributed by atoms with E-state index >= 15 is 0 Å². The van der Waals surface area contributed by atoms with Gasteiger partial charge in [-0.05, 0) is 42.8 Å². The quantitative estimate of drug-likeness (QED) is 0.360. The lowest BCUT2D eigenvalue weighted by molar-refractivity contribution is -0.124. The van der Waals surface area contributed by atoms with Crippen molar-refractivity contribution in [3.63, 3.8) is 0 Å². The molecule has 0 aliphatic carbocycles. The Morgan fingerprint density at radius 2 is 1.61 bits per heavy atom. The van der Waals surface area contributed by atoms with Gasteiger partial charge in [-0.25, -0.2) is 4.99 Å². The van der Waals surface area contributed by atoms with Gasteiger partial charge in [0.15, 0.2) is 17.3 Å². The number of benzene rings is 3. The third kappa shape index (κ3) is 6.30. The molecule has 41 heavy (non-hydrogen) atoms. The lowest BCUT2D eigenvalue weighted by Gasteiger charge is -2.20. The van der Waals surface area contributed by atoms with E-state index in [0.29, 0.717) is 34.1 Å². The van der Waals surface area contributed by atoms with Gasteiger partial charge >= 0.3 is 0 Å². The van der Waals surface area contributed by atoms with Gasteiger partial charge < -0.3 is 24.3 Å². The Bertz CT molecular complexity index is 1510. The topological polar surface area (TPSA) is 128 Å². The summed E-state index contributed by atoms with van der Waals surface area (Å²) in [6, 6.07) is 17.0. The minimum absolute atomic E-state index is 0.0736. The second-order valence-electron chi connectivity index (χ2n) is 8.70. The molecule has 3 aromatic rings. The van der Waals surface area contributed by atoms with Crippen molar-refractivity contribution in [1.29, 1.82) is 0 Å². The molecule has 11 heteroatoms. The van der Waals surface area contributed by atoms with Gasteiger partial charge in [0.2, 0.25) is 11.7 Å². The maximum atomic E-state index is 13.6. The van der Waals surface area contributed by atoms with Crippen LogP contribution in [0.3, 0.4) is 0 Å². The summed E-state index contributed by atoms with van der Waals surface area (Å²) in [5, 5.41) is 3.76. The van der Waals surface area contributed by atoms with Crippen molar-refractivity contribution in [1.82, 2.24) is 10.4 Å². The summed E-state index contributed by atoms with van der Waals surface area (Å²) >= 11 is 0. The molecule has 4 rings (SSSR count). The maximum Gasteiger partial charge on any atom is 0.297 e. The number of amides is 3. The molecule has 0 aromatic heterocycles. The normalized spacial score (nSPS) is 13.5. The van der Waals surface area contributed by atoms with Crippen molar-refractivity contribution in [2.24, 2.45) is 4.99 Å². The highest BCUT2D eigenvalue weighted by atomic mass is 16.5. The number of aliphatic imine (C=N–C) groups is 1. The van der Waals surface area contributed by atoms with Crippen molar-refractivity contribution in [3.8, 4) is 23.0 Å². The first kappa shape index (κ1) is 28.7. The first-order valence-corrected chi connectivity index (χ1v) is 12.6. The van der Waals surface area contributed by atoms with Crippen LogP contribution in [-0.4, -0.2) is 56.5 Å². The average Bonchev–Trinajstić information content (AvgIpc) is 3.27. The molecule has 3 amide bonds. The SMILES string of the molecule is CCOc1cc(NC(C)=O)ccc1C(=O)NN1C(=O)/C(=C/c2cc(OC)c(OC)c(OC)c2)N=C1c1ccccc1. The molecule has 0 saturated carbocycles. The number of nitrogens with one attached hydrogen (secondary N) is 2. The zero-order valence-electron chi connectivity index (χ0n) is 23.3. The number of amidine groups is 1. The van der Waals surface area contributed by atoms with E-state index in [2.05, 4.69) is 15.7 Å². The summed E-state index contributed by atoms with van der Waals surface area (Å²) in [7, 11) is 4.49. The molecular weight excluding hydrogens is 528 g/mol. The van der Waals surface area contributed by atoms with Crippen LogP contribution in [0.5, 0.6) is 23.0 Å². The molecule has 0 saturated heterocycles. The maximum absolute atomic E-state index is 13.6. The van der Waals surface area contributed by atoms with Gasteiger partial charge in [-0.3, -0.25) is 19.8 Å². The third-order valence-electron chi connectivity index (χ3n) is 5.94. The fourth-order valence-electron chi connectivity index (χ4n) is 4.17. The highest BCUT2D eigenvalue weighted by molar-refractivity contribution is 6.20. The Morgan fingerprint density at radius 3 is 2.20 bits per heavy atom. The molecule has 11 nitrogen and oxygen atoms in total. The summed E-state index contributed by atoms with van der Waals surface area (Å²) in [5.74, 6) is 0.284. The van der Waals surface area contributed by atoms with Gasteiger partial charge in [-0.15, -0.1) is 0 Å². The number of anilines is 1. The molecule has 0 radical (unpaired) electrons. The molecule has 0 spiro atoms. The van der Waals surface area contributed by atoms with Crippen LogP contribution in [0.1, 0.15) is 35.3 Å². The van der Waals surface area contributed by atoms with Crippen molar-refractivity contribution < 1.29 is 33.3 Å². The van der Waals surface area contributed by atoms with Crippen LogP contribution >= 0.6 is 0 Å². The Morgan fingerprint density at radius 1 is 0.927 bits per heavy atom. The van der Waals surface area contributed by atoms with E-state index in [0.717, 1.165) is 5.01 Å². The minimum Gasteiger partial charge on any atom is -0.493 e. The van der Waals surface area contributed by atoms with Gasteiger partial charge in [0, 0.05) is 24.2 Å². The lowest BCUT2D eigenvalue weighted by atomic mass is 10.1. The van der Waals surface area contributed by atoms with Crippen LogP contribution in [0.15, 0.2) is 71.4 Å². The van der Waals surface area contributed by atoms with E-state index in [-0.39, 0.29) is 35.4 Å². The summed E-state index contributed by atoms with van der Waals surface area (Å²) in [4.78, 5) is 43.2. The Balaban J connectivity index is 1.72. The first-order chi connectivity index (χ1) is 19.8. The smallest absolute Gasteiger partial charge is 0.297 e. The van der Waals surface area contributed by atoms with E-state index in [9.17, 15) is 14.4 Å². The molecule has 0 fully saturated rings. The zero-order valence-corrected chi connectivity index (χ0v) is 23.3. The Labute approximate surface area is 237 Å². The highest BCUT2D eigenvalue weighted by Gasteiger charge is 2.33. The number of hydrazine groups is 1. The van der Waals surface area contributed by atoms with Gasteiger partial charge in [0.05, 0.1) is 33.5 Å². The first-order valence-electron chi connectivity index (χ1n) is 12.6. The van der Waals surface area contributed by atoms with Crippen LogP contribution in [0.4, 0.5) is 5.69 Å². The van der Waals surface area contributed by atoms with Gasteiger partial charge in [0.1, 0.15) is 11.4 Å². The highest BCUT2D eigenvalue weighted by Crippen LogP contribution is 2.39. The lowest BCUT2D eigenvalue weighted by Crippen LogP contribution is -2.47. The fraction of sp³-hybridized carbons (Fsp3) is 0.200. The molecule has 0 atom stereocenters. The summed E-state index contributed by atoms with van der Waals surface area (Å²) in [6.07, 6.45) is 1.57. The number of hydrogen-bond donors (Lipinski definition) is 2. The van der Waals surface area contributed by atoms with Gasteiger partial charge in [-0.2, -0.15) is 5.01 Å². The number of nitrogens with zero attached hydrogens (tertiary/aromatic N) is 2. The standard InChI is InChI=1S/C30H30N4O7/c1-6-41-24-17-21(31-18(2)35)12-13-22(24)29(36)33-34-28(20-10-8-7-9-11-20)32-23(30(34)37)14-19-15-25(38-3)27(40-5)26(16-19)39-4/h7-17H,6H2,1-5H3,(H,31,35)(H,33,36)/b23-14-. The molecule has 1 heterocycles. The molecular formula is C30H30N4O7. The van der Waals surface area contributed by atoms with Crippen LogP contribution in [-0.2, 0) is 9.59 Å². The number of hydrogen-bond acceptors (Lipinski definition) is 8. The van der Waals surface area contributed by atoms with Crippen molar-refractivity contribution in [3.05, 3.63) is 83.1 Å². The predicted molar refractivity (Wildman–Crippen MR) is 153 cm³/mol. The van der Waals surface area contributed by atoms with Crippen LogP contribution in [0.25, 0.3) is 6.08 Å². The summed E-state index contributed by atoms with van der Waals surface area (Å²) in [5.41, 5.74) is 4.56. The second-order valence-corrected chi connectivity index (χ2v) is 8.70. The molecule has 0 bridgehead atoms. The number of carbonyl (C=O) groups excluding carboxylic acids is 3. The molecule has 3 aromatic carbocycles.